The molecule has 1 aliphatic rings. The summed E-state index contributed by atoms with van der Waals surface area (Å²) in [5.41, 5.74) is 0.554. The predicted molar refractivity (Wildman–Crippen MR) is 294 cm³/mol. The van der Waals surface area contributed by atoms with Crippen LogP contribution in [-0.4, -0.2) is 92.5 Å². The van der Waals surface area contributed by atoms with Gasteiger partial charge in [0.25, 0.3) is 11.8 Å². The zero-order valence-corrected chi connectivity index (χ0v) is 49.4. The van der Waals surface area contributed by atoms with Gasteiger partial charge < -0.3 is 38.9 Å². The number of nitrogens with one attached hydrogen (secondary N) is 2. The number of benzene rings is 4. The number of amides is 2. The Bertz CT molecular complexity index is 2800. The van der Waals surface area contributed by atoms with Crippen molar-refractivity contribution < 1.29 is 65.8 Å². The molecule has 4 aromatic rings. The van der Waals surface area contributed by atoms with E-state index in [0.717, 1.165) is 6.07 Å². The maximum absolute atomic E-state index is 14.8. The minimum Gasteiger partial charge on any atom is -0.465 e. The van der Waals surface area contributed by atoms with Crippen LogP contribution in [-0.2, 0) is 28.3 Å². The first-order chi connectivity index (χ1) is 34.6. The minimum absolute atomic E-state index is 0.0101. The van der Waals surface area contributed by atoms with Crippen molar-refractivity contribution in [2.45, 2.75) is 147 Å². The van der Waals surface area contributed by atoms with Gasteiger partial charge in [-0.15, -0.1) is 0 Å². The molecule has 0 aromatic heterocycles. The van der Waals surface area contributed by atoms with Crippen LogP contribution < -0.4 is 16.1 Å². The van der Waals surface area contributed by atoms with Gasteiger partial charge in [-0.05, 0) is 192 Å². The Morgan fingerprint density at radius 3 is 1.36 bits per heavy atom. The van der Waals surface area contributed by atoms with Crippen molar-refractivity contribution >= 4 is 64.2 Å². The molecule has 76 heavy (non-hydrogen) atoms. The third kappa shape index (κ3) is 18.4. The van der Waals surface area contributed by atoms with Crippen LogP contribution in [0.25, 0.3) is 11.1 Å². The van der Waals surface area contributed by atoms with Crippen LogP contribution in [0.2, 0.25) is 0 Å². The molecular formula is C58H76BBrF2N2O12. The summed E-state index contributed by atoms with van der Waals surface area (Å²) in [4.78, 5) is 73.5. The van der Waals surface area contributed by atoms with E-state index >= 15 is 0 Å². The van der Waals surface area contributed by atoms with E-state index in [0.29, 0.717) is 50.8 Å². The largest absolute Gasteiger partial charge is 0.495 e. The number of hydrogen-bond donors (Lipinski definition) is 2. The standard InChI is InChI=1S/C26H32FNO5.C18H26BFO4.C14H18BrNO3/c1-15-19(12-17(13-21(15)27)23(30)33-26(5,6)7)18-10-9-16(11-20(18)24(31)32-8)22(29)28-14-25(2,3)4;1-11-13(19-23-17(5,6)18(7,8)24-19)9-12(10-14(11)20)15(21)22-16(2,3)4;1-14(2,3)8-16-12(17)9-5-6-11(15)10(7-9)13(18)19-4/h9-13H,14H2,1-8H3,(H,28,29);9-10H,1-8H3;5-7H,8H2,1-4H3,(H,16,17). The normalized spacial score (nSPS) is 14.0. The van der Waals surface area contributed by atoms with E-state index in [1.165, 1.54) is 38.5 Å². The van der Waals surface area contributed by atoms with Gasteiger partial charge in [-0.1, -0.05) is 47.6 Å². The zero-order chi connectivity index (χ0) is 58.3. The number of rotatable bonds is 10. The van der Waals surface area contributed by atoms with Crippen LogP contribution in [0.3, 0.4) is 0 Å². The molecule has 5 rings (SSSR count). The molecular weight excluding hydrogens is 1050 g/mol. The number of carbonyl (C=O) groups is 6. The van der Waals surface area contributed by atoms with Gasteiger partial charge in [-0.3, -0.25) is 9.59 Å². The third-order valence-corrected chi connectivity index (χ3v) is 12.4. The molecule has 1 saturated heterocycles. The number of ether oxygens (including phenoxy) is 4. The molecule has 0 aliphatic carbocycles. The van der Waals surface area contributed by atoms with Crippen LogP contribution in [0.5, 0.6) is 0 Å². The molecule has 14 nitrogen and oxygen atoms in total. The van der Waals surface area contributed by atoms with Gasteiger partial charge in [-0.25, -0.2) is 28.0 Å². The summed E-state index contributed by atoms with van der Waals surface area (Å²) in [6.07, 6.45) is 0. The second-order valence-corrected chi connectivity index (χ2v) is 24.7. The highest BCUT2D eigenvalue weighted by atomic mass is 79.9. The lowest BCUT2D eigenvalue weighted by Crippen LogP contribution is -2.41. The number of methoxy groups -OCH3 is 2. The minimum atomic E-state index is -0.752. The highest BCUT2D eigenvalue weighted by molar-refractivity contribution is 9.10. The second kappa shape index (κ2) is 25.0. The Balaban J connectivity index is 0.000000313. The van der Waals surface area contributed by atoms with Crippen LogP contribution in [0, 0.1) is 36.3 Å². The summed E-state index contributed by atoms with van der Waals surface area (Å²) < 4.78 is 61.9. The van der Waals surface area contributed by atoms with Crippen molar-refractivity contribution in [3.63, 3.8) is 0 Å². The maximum Gasteiger partial charge on any atom is 0.495 e. The molecule has 414 valence electrons. The number of esters is 4. The molecule has 4 aromatic carbocycles. The first-order valence-corrected chi connectivity index (χ1v) is 25.5. The number of carbonyl (C=O) groups excluding carboxylic acids is 6. The van der Waals surface area contributed by atoms with Gasteiger partial charge in [0, 0.05) is 28.7 Å². The fourth-order valence-corrected chi connectivity index (χ4v) is 7.22. The Labute approximate surface area is 456 Å². The van der Waals surface area contributed by atoms with Crippen molar-refractivity contribution in [1.82, 2.24) is 10.6 Å². The van der Waals surface area contributed by atoms with Gasteiger partial charge in [0.15, 0.2) is 0 Å². The van der Waals surface area contributed by atoms with E-state index in [9.17, 15) is 37.5 Å². The fourth-order valence-electron chi connectivity index (χ4n) is 6.81. The summed E-state index contributed by atoms with van der Waals surface area (Å²) in [5.74, 6) is -4.05. The van der Waals surface area contributed by atoms with Crippen molar-refractivity contribution in [3.05, 3.63) is 121 Å². The highest BCUT2D eigenvalue weighted by Gasteiger charge is 2.52. The molecule has 0 radical (unpaired) electrons. The summed E-state index contributed by atoms with van der Waals surface area (Å²) >= 11 is 3.26. The van der Waals surface area contributed by atoms with E-state index in [-0.39, 0.29) is 50.5 Å². The molecule has 1 fully saturated rings. The van der Waals surface area contributed by atoms with Crippen molar-refractivity contribution in [2.75, 3.05) is 27.3 Å². The van der Waals surface area contributed by atoms with Crippen LogP contribution in [0.4, 0.5) is 8.78 Å². The molecule has 1 heterocycles. The Kier molecular flexibility index (Phi) is 21.2. The summed E-state index contributed by atoms with van der Waals surface area (Å²) in [7, 11) is 1.80. The van der Waals surface area contributed by atoms with E-state index in [4.69, 9.17) is 23.5 Å². The predicted octanol–water partition coefficient (Wildman–Crippen LogP) is 11.7. The first kappa shape index (κ1) is 64.3. The van der Waals surface area contributed by atoms with Gasteiger partial charge in [0.2, 0.25) is 0 Å². The first-order valence-electron chi connectivity index (χ1n) is 24.7. The molecule has 1 aliphatic heterocycles. The van der Waals surface area contributed by atoms with E-state index in [1.807, 2.05) is 69.2 Å². The Morgan fingerprint density at radius 1 is 0.539 bits per heavy atom. The summed E-state index contributed by atoms with van der Waals surface area (Å²) in [6, 6.07) is 14.7. The molecule has 18 heteroatoms. The average Bonchev–Trinajstić information content (AvgIpc) is 3.52. The average molecular weight is 1120 g/mol. The van der Waals surface area contributed by atoms with Crippen LogP contribution in [0.15, 0.2) is 65.1 Å². The lowest BCUT2D eigenvalue weighted by molar-refractivity contribution is 0.00566. The molecule has 0 atom stereocenters. The Hall–Kier alpha value is -5.98. The molecule has 0 spiro atoms. The van der Waals surface area contributed by atoms with E-state index in [1.54, 1.807) is 85.7 Å². The smallest absolute Gasteiger partial charge is 0.465 e. The van der Waals surface area contributed by atoms with Gasteiger partial charge >= 0.3 is 31.0 Å². The van der Waals surface area contributed by atoms with Crippen molar-refractivity contribution in [3.8, 4) is 11.1 Å². The lowest BCUT2D eigenvalue weighted by Gasteiger charge is -2.32. The summed E-state index contributed by atoms with van der Waals surface area (Å²) in [6.45, 7) is 34.5. The van der Waals surface area contributed by atoms with Crippen molar-refractivity contribution in [1.29, 1.82) is 0 Å². The van der Waals surface area contributed by atoms with Crippen molar-refractivity contribution in [2.24, 2.45) is 10.8 Å². The Morgan fingerprint density at radius 2 is 0.934 bits per heavy atom. The molecule has 0 unspecified atom stereocenters. The number of halogens is 3. The van der Waals surface area contributed by atoms with Crippen LogP contribution >= 0.6 is 15.9 Å². The molecule has 0 saturated carbocycles. The maximum atomic E-state index is 14.8. The third-order valence-electron chi connectivity index (χ3n) is 11.7. The quantitative estimate of drug-likeness (QED) is 0.0872. The monoisotopic (exact) mass is 1120 g/mol. The van der Waals surface area contributed by atoms with Gasteiger partial charge in [-0.2, -0.15) is 0 Å². The molecule has 2 amide bonds. The highest BCUT2D eigenvalue weighted by Crippen LogP contribution is 2.37. The second-order valence-electron chi connectivity index (χ2n) is 23.8. The van der Waals surface area contributed by atoms with Gasteiger partial charge in [0.05, 0.1) is 47.7 Å². The fraction of sp³-hybridized carbons (Fsp3) is 0.483. The van der Waals surface area contributed by atoms with E-state index < -0.39 is 65.0 Å². The van der Waals surface area contributed by atoms with E-state index in [2.05, 4.69) is 31.3 Å². The zero-order valence-electron chi connectivity index (χ0n) is 47.8. The van der Waals surface area contributed by atoms with Gasteiger partial charge in [0.1, 0.15) is 22.8 Å². The topological polar surface area (TPSA) is 182 Å². The summed E-state index contributed by atoms with van der Waals surface area (Å²) in [5, 5.41) is 5.67. The SMILES string of the molecule is COC(=O)c1cc(C(=O)NCC(C)(C)C)ccc1-c1cc(C(=O)OC(C)(C)C)cc(F)c1C.COC(=O)c1cc(C(=O)NCC(C)(C)C)ccc1Br.Cc1c(F)cc(C(=O)OC(C)(C)C)cc1B1OC(C)(C)C(C)(C)O1. The molecule has 2 N–H and O–H groups in total. The van der Waals surface area contributed by atoms with Crippen LogP contribution in [0.1, 0.15) is 184 Å². The molecule has 0 bridgehead atoms. The number of hydrogen-bond acceptors (Lipinski definition) is 12. The lowest BCUT2D eigenvalue weighted by atomic mass is 9.75.